The number of piperazine rings is 1. The molecule has 7 unspecified atom stereocenters. The van der Waals surface area contributed by atoms with Crippen molar-refractivity contribution >= 4 is 23.5 Å². The van der Waals surface area contributed by atoms with Gasteiger partial charge in [0.05, 0.1) is 37.3 Å². The smallest absolute Gasteiger partial charge is 0.246 e. The second kappa shape index (κ2) is 11.7. The Morgan fingerprint density at radius 1 is 1.27 bits per heavy atom. The molecule has 0 bridgehead atoms. The topological polar surface area (TPSA) is 101 Å². The van der Waals surface area contributed by atoms with Crippen molar-refractivity contribution in [1.29, 1.82) is 5.26 Å². The predicted octanol–water partition coefficient (Wildman–Crippen LogP) is 2.42. The average molecular weight is 583 g/mol. The molecular weight excluding hydrogens is 543 g/mol. The summed E-state index contributed by atoms with van der Waals surface area (Å²) in [5.41, 5.74) is 0.606. The van der Waals surface area contributed by atoms with Gasteiger partial charge in [-0.2, -0.15) is 5.26 Å². The van der Waals surface area contributed by atoms with Crippen LogP contribution in [0.25, 0.3) is 0 Å². The van der Waals surface area contributed by atoms with Crippen LogP contribution in [-0.2, 0) is 14.3 Å². The Balaban J connectivity index is 1.25. The van der Waals surface area contributed by atoms with Gasteiger partial charge in [0.2, 0.25) is 5.91 Å². The van der Waals surface area contributed by atoms with E-state index in [2.05, 4.69) is 40.1 Å². The number of fused-ring (bicyclic) bond motifs is 2. The van der Waals surface area contributed by atoms with E-state index >= 15 is 4.39 Å². The van der Waals surface area contributed by atoms with Crippen molar-refractivity contribution < 1.29 is 18.7 Å². The van der Waals surface area contributed by atoms with Crippen LogP contribution < -0.4 is 10.6 Å². The minimum atomic E-state index is -1.35. The summed E-state index contributed by atoms with van der Waals surface area (Å²) in [7, 11) is 2.10. The van der Waals surface area contributed by atoms with Crippen LogP contribution in [0.3, 0.4) is 0 Å². The molecule has 1 amide bonds. The number of ether oxygens (including phenoxy) is 1. The molecule has 1 saturated carbocycles. The number of likely N-dealkylation sites (tertiary alicyclic amines) is 1. The molecule has 9 nitrogen and oxygen atoms in total. The molecule has 1 aromatic carbocycles. The Bertz CT molecular complexity index is 1230. The van der Waals surface area contributed by atoms with Gasteiger partial charge in [-0.3, -0.25) is 25.1 Å². The molecule has 41 heavy (non-hydrogen) atoms. The summed E-state index contributed by atoms with van der Waals surface area (Å²) in [6, 6.07) is 9.11. The molecule has 11 heteroatoms. The fraction of sp³-hybridized carbons (Fsp3) is 0.633. The first-order chi connectivity index (χ1) is 19.9. The molecule has 8 atom stereocenters. The van der Waals surface area contributed by atoms with E-state index in [0.717, 1.165) is 24.3 Å². The molecule has 3 saturated heterocycles. The van der Waals surface area contributed by atoms with Gasteiger partial charge in [0.1, 0.15) is 10.9 Å². The van der Waals surface area contributed by atoms with Crippen molar-refractivity contribution in [3.05, 3.63) is 42.5 Å². The summed E-state index contributed by atoms with van der Waals surface area (Å²) in [6.07, 6.45) is 2.66. The summed E-state index contributed by atoms with van der Waals surface area (Å²) in [6.45, 7) is 6.74. The van der Waals surface area contributed by atoms with Crippen molar-refractivity contribution in [3.63, 3.8) is 0 Å². The van der Waals surface area contributed by atoms with Crippen molar-refractivity contribution in [2.75, 3.05) is 39.8 Å². The third kappa shape index (κ3) is 5.13. The molecule has 1 aromatic rings. The minimum absolute atomic E-state index is 0.102. The normalized spacial score (nSPS) is 37.5. The van der Waals surface area contributed by atoms with Gasteiger partial charge >= 0.3 is 0 Å². The number of nitrogens with one attached hydrogen (secondary N) is 2. The molecule has 2 N–H and O–H groups in total. The SMILES string of the molecule is C=CC(=O)N1CCN(C2NC(OCC3CCCN3C)NC3C(=O)[C@@]4(CCC32)Sc2ccccc2C4F)CC1CC#N. The lowest BCUT2D eigenvalue weighted by molar-refractivity contribution is -0.146. The highest BCUT2D eigenvalue weighted by Gasteiger charge is 2.61. The van der Waals surface area contributed by atoms with E-state index in [0.29, 0.717) is 50.7 Å². The maximum Gasteiger partial charge on any atom is 0.246 e. The van der Waals surface area contributed by atoms with E-state index in [1.807, 2.05) is 18.2 Å². The van der Waals surface area contributed by atoms with E-state index in [9.17, 15) is 14.9 Å². The second-order valence-electron chi connectivity index (χ2n) is 12.0. The molecule has 5 aliphatic rings. The molecule has 1 spiro atoms. The van der Waals surface area contributed by atoms with Crippen LogP contribution in [0.5, 0.6) is 0 Å². The largest absolute Gasteiger partial charge is 0.348 e. The Morgan fingerprint density at radius 2 is 2.10 bits per heavy atom. The molecule has 1 aliphatic carbocycles. The van der Waals surface area contributed by atoms with Gasteiger partial charge in [0.15, 0.2) is 12.1 Å². The van der Waals surface area contributed by atoms with E-state index in [-0.39, 0.29) is 36.2 Å². The van der Waals surface area contributed by atoms with Crippen LogP contribution in [0.1, 0.15) is 43.8 Å². The Labute approximate surface area is 245 Å². The Morgan fingerprint density at radius 3 is 2.83 bits per heavy atom. The number of ketones is 1. The molecule has 6 rings (SSSR count). The summed E-state index contributed by atoms with van der Waals surface area (Å²) < 4.78 is 21.3. The zero-order valence-electron chi connectivity index (χ0n) is 23.5. The first-order valence-electron chi connectivity index (χ1n) is 14.7. The molecule has 4 fully saturated rings. The second-order valence-corrected chi connectivity index (χ2v) is 13.3. The number of hydrogen-bond acceptors (Lipinski definition) is 9. The number of carbonyl (C=O) groups is 2. The van der Waals surface area contributed by atoms with E-state index in [4.69, 9.17) is 4.74 Å². The quantitative estimate of drug-likeness (QED) is 0.490. The standard InChI is InChI=1S/C30H39FN6O3S/c1-3-24(38)37-16-15-36(17-19(37)11-13-32)28-22-10-12-30(26(31)21-8-4-5-9-23(21)41-30)27(39)25(22)33-29(34-28)40-18-20-7-6-14-35(20)2/h3-5,8-9,19-20,22,25-26,28-29,33-34H,1,6-7,10-12,14-18H2,2H3/t19?,20?,22?,25?,26?,28?,29?,30-/m0/s1. The van der Waals surface area contributed by atoms with Crippen LogP contribution in [0, 0.1) is 17.2 Å². The number of halogens is 1. The first kappa shape index (κ1) is 28.8. The van der Waals surface area contributed by atoms with Crippen LogP contribution in [0.15, 0.2) is 41.8 Å². The Kier molecular flexibility index (Phi) is 8.24. The average Bonchev–Trinajstić information content (AvgIpc) is 3.53. The summed E-state index contributed by atoms with van der Waals surface area (Å²) in [4.78, 5) is 34.0. The molecule has 0 radical (unpaired) electrons. The number of nitriles is 1. The lowest BCUT2D eigenvalue weighted by Crippen LogP contribution is -2.75. The number of nitrogens with zero attached hydrogens (tertiary/aromatic N) is 4. The number of benzene rings is 1. The van der Waals surface area contributed by atoms with E-state index < -0.39 is 23.3 Å². The summed E-state index contributed by atoms with van der Waals surface area (Å²) in [5.74, 6) is -0.387. The van der Waals surface area contributed by atoms with E-state index in [1.165, 1.54) is 17.8 Å². The maximum atomic E-state index is 16.1. The molecular formula is C30H39FN6O3S. The lowest BCUT2D eigenvalue weighted by Gasteiger charge is -2.54. The number of amides is 1. The van der Waals surface area contributed by atoms with Crippen LogP contribution in [0.2, 0.25) is 0 Å². The molecule has 0 aromatic heterocycles. The lowest BCUT2D eigenvalue weighted by atomic mass is 9.71. The van der Waals surface area contributed by atoms with Gasteiger partial charge in [-0.25, -0.2) is 4.39 Å². The fourth-order valence-corrected chi connectivity index (χ4v) is 8.99. The monoisotopic (exact) mass is 582 g/mol. The van der Waals surface area contributed by atoms with Gasteiger partial charge in [0.25, 0.3) is 0 Å². The summed E-state index contributed by atoms with van der Waals surface area (Å²) >= 11 is 1.38. The minimum Gasteiger partial charge on any atom is -0.348 e. The first-order valence-corrected chi connectivity index (χ1v) is 15.5. The van der Waals surface area contributed by atoms with Crippen LogP contribution >= 0.6 is 11.8 Å². The zero-order valence-corrected chi connectivity index (χ0v) is 24.3. The van der Waals surface area contributed by atoms with Crippen LogP contribution in [-0.4, -0.2) is 102 Å². The fourth-order valence-electron chi connectivity index (χ4n) is 7.48. The summed E-state index contributed by atoms with van der Waals surface area (Å²) in [5, 5.41) is 16.6. The maximum absolute atomic E-state index is 16.1. The molecule has 4 heterocycles. The predicted molar refractivity (Wildman–Crippen MR) is 153 cm³/mol. The number of hydrogen-bond donors (Lipinski definition) is 2. The van der Waals surface area contributed by atoms with Crippen molar-refractivity contribution in [2.45, 2.75) is 78.6 Å². The number of Topliss-reactive ketones (excluding diaryl/α,β-unsaturated/α-hetero) is 1. The van der Waals surface area contributed by atoms with Crippen LogP contribution in [0.4, 0.5) is 4.39 Å². The number of rotatable bonds is 6. The highest BCUT2D eigenvalue weighted by Crippen LogP contribution is 2.59. The zero-order chi connectivity index (χ0) is 28.7. The number of thioether (sulfide) groups is 1. The van der Waals surface area contributed by atoms with Crippen molar-refractivity contribution in [2.24, 2.45) is 5.92 Å². The van der Waals surface area contributed by atoms with Gasteiger partial charge in [-0.05, 0) is 51.4 Å². The van der Waals surface area contributed by atoms with Gasteiger partial charge in [0, 0.05) is 42.1 Å². The highest BCUT2D eigenvalue weighted by molar-refractivity contribution is 8.01. The number of likely N-dealkylation sites (N-methyl/N-ethyl adjacent to an activating group) is 1. The van der Waals surface area contributed by atoms with Crippen molar-refractivity contribution in [1.82, 2.24) is 25.3 Å². The van der Waals surface area contributed by atoms with E-state index in [1.54, 1.807) is 11.0 Å². The third-order valence-corrected chi connectivity index (χ3v) is 11.3. The van der Waals surface area contributed by atoms with Gasteiger partial charge in [-0.15, -0.1) is 11.8 Å². The number of carbonyl (C=O) groups excluding carboxylic acids is 2. The Hall–Kier alpha value is -2.33. The molecule has 220 valence electrons. The molecule has 4 aliphatic heterocycles. The van der Waals surface area contributed by atoms with Crippen molar-refractivity contribution in [3.8, 4) is 6.07 Å². The number of alkyl halides is 1. The third-order valence-electron chi connectivity index (χ3n) is 9.75. The van der Waals surface area contributed by atoms with Gasteiger partial charge < -0.3 is 14.5 Å². The highest BCUT2D eigenvalue weighted by atomic mass is 32.2. The van der Waals surface area contributed by atoms with Gasteiger partial charge in [-0.1, -0.05) is 24.8 Å².